The Hall–Kier alpha value is -2.14. The molecule has 0 fully saturated rings. The molecule has 1 aliphatic heterocycles. The lowest BCUT2D eigenvalue weighted by Gasteiger charge is -2.15. The highest BCUT2D eigenvalue weighted by Crippen LogP contribution is 2.34. The van der Waals surface area contributed by atoms with Crippen LogP contribution < -0.4 is 16.0 Å². The summed E-state index contributed by atoms with van der Waals surface area (Å²) in [6, 6.07) is 11.5. The van der Waals surface area contributed by atoms with E-state index in [0.29, 0.717) is 18.7 Å². The van der Waals surface area contributed by atoms with Gasteiger partial charge >= 0.3 is 0 Å². The molecule has 1 atom stereocenters. The predicted molar refractivity (Wildman–Crippen MR) is 86.0 cm³/mol. The summed E-state index contributed by atoms with van der Waals surface area (Å²) in [5.74, 6) is 1.07. The number of hydrogen-bond acceptors (Lipinski definition) is 3. The third-order valence-electron chi connectivity index (χ3n) is 3.86. The van der Waals surface area contributed by atoms with Gasteiger partial charge in [0.15, 0.2) is 0 Å². The molecule has 1 aromatic carbocycles. The summed E-state index contributed by atoms with van der Waals surface area (Å²) in [4.78, 5) is 12.6. The van der Waals surface area contributed by atoms with Gasteiger partial charge in [-0.1, -0.05) is 30.4 Å². The second-order valence-corrected chi connectivity index (χ2v) is 5.65. The molecule has 2 aromatic rings. The molecule has 1 aliphatic rings. The van der Waals surface area contributed by atoms with Gasteiger partial charge in [0.05, 0.1) is 12.2 Å². The number of aromatic nitrogens is 1. The molecule has 1 unspecified atom stereocenters. The fraction of sp³-hybridized carbons (Fsp3) is 0.250. The first-order valence-corrected chi connectivity index (χ1v) is 7.20. The minimum atomic E-state index is -0.133. The number of ether oxygens (including phenoxy) is 1. The van der Waals surface area contributed by atoms with Crippen LogP contribution in [0.2, 0.25) is 0 Å². The summed E-state index contributed by atoms with van der Waals surface area (Å²) in [6.07, 6.45) is 0. The van der Waals surface area contributed by atoms with Crippen LogP contribution in [0.15, 0.2) is 41.2 Å². The van der Waals surface area contributed by atoms with Crippen molar-refractivity contribution >= 4 is 17.2 Å². The van der Waals surface area contributed by atoms with Crippen LogP contribution in [-0.4, -0.2) is 16.2 Å². The zero-order chi connectivity index (χ0) is 15.0. The Balaban J connectivity index is 1.98. The lowest BCUT2D eigenvalue weighted by atomic mass is 10.0. The predicted octanol–water partition coefficient (Wildman–Crippen LogP) is 1.97. The van der Waals surface area contributed by atoms with Crippen molar-refractivity contribution in [2.45, 2.75) is 19.4 Å². The Kier molecular flexibility index (Phi) is 3.51. The molecule has 3 rings (SSSR count). The van der Waals surface area contributed by atoms with E-state index in [9.17, 15) is 4.79 Å². The van der Waals surface area contributed by atoms with Crippen molar-refractivity contribution in [1.82, 2.24) is 4.57 Å². The molecular weight excluding hydrogens is 284 g/mol. The standard InChI is InChI=1S/C16H16N2O2S/c1-10-6-7-13(15(17)21)16(19)18(10)8-11-9-20-14-5-3-2-4-12(11)14/h2-7,11H,8-9H2,1H3,(H2,17,21). The molecule has 2 N–H and O–H groups in total. The van der Waals surface area contributed by atoms with Gasteiger partial charge in [-0.15, -0.1) is 0 Å². The van der Waals surface area contributed by atoms with Crippen molar-refractivity contribution in [3.63, 3.8) is 0 Å². The normalized spacial score (nSPS) is 16.3. The molecule has 0 saturated carbocycles. The smallest absolute Gasteiger partial charge is 0.261 e. The van der Waals surface area contributed by atoms with Gasteiger partial charge in [-0.2, -0.15) is 0 Å². The van der Waals surface area contributed by atoms with Crippen LogP contribution in [0, 0.1) is 6.92 Å². The summed E-state index contributed by atoms with van der Waals surface area (Å²) >= 11 is 4.94. The first-order chi connectivity index (χ1) is 10.1. The topological polar surface area (TPSA) is 57.2 Å². The van der Waals surface area contributed by atoms with Gasteiger partial charge in [0.1, 0.15) is 10.7 Å². The Bertz CT molecular complexity index is 767. The van der Waals surface area contributed by atoms with Gasteiger partial charge in [0, 0.05) is 23.7 Å². The molecule has 0 spiro atoms. The van der Waals surface area contributed by atoms with Crippen LogP contribution >= 0.6 is 12.2 Å². The maximum Gasteiger partial charge on any atom is 0.261 e. The summed E-state index contributed by atoms with van der Waals surface area (Å²) in [7, 11) is 0. The van der Waals surface area contributed by atoms with Crippen LogP contribution in [0.25, 0.3) is 0 Å². The Labute approximate surface area is 128 Å². The van der Waals surface area contributed by atoms with E-state index < -0.39 is 0 Å². The lowest BCUT2D eigenvalue weighted by molar-refractivity contribution is 0.317. The van der Waals surface area contributed by atoms with E-state index in [-0.39, 0.29) is 16.5 Å². The maximum absolute atomic E-state index is 12.5. The number of thiocarbonyl (C=S) groups is 1. The van der Waals surface area contributed by atoms with Crippen LogP contribution in [-0.2, 0) is 6.54 Å². The van der Waals surface area contributed by atoms with Crippen molar-refractivity contribution in [1.29, 1.82) is 0 Å². The largest absolute Gasteiger partial charge is 0.493 e. The average Bonchev–Trinajstić information content (AvgIpc) is 2.86. The van der Waals surface area contributed by atoms with E-state index in [0.717, 1.165) is 17.0 Å². The summed E-state index contributed by atoms with van der Waals surface area (Å²) in [5, 5.41) is 0. The quantitative estimate of drug-likeness (QED) is 0.881. The molecule has 0 radical (unpaired) electrons. The minimum Gasteiger partial charge on any atom is -0.493 e. The van der Waals surface area contributed by atoms with Crippen LogP contribution in [0.4, 0.5) is 0 Å². The van der Waals surface area contributed by atoms with Gasteiger partial charge < -0.3 is 15.0 Å². The zero-order valence-corrected chi connectivity index (χ0v) is 12.5. The van der Waals surface area contributed by atoms with E-state index in [2.05, 4.69) is 0 Å². The molecule has 5 heteroatoms. The molecule has 0 saturated heterocycles. The van der Waals surface area contributed by atoms with Gasteiger partial charge in [0.25, 0.3) is 5.56 Å². The molecule has 21 heavy (non-hydrogen) atoms. The number of hydrogen-bond donors (Lipinski definition) is 1. The highest BCUT2D eigenvalue weighted by molar-refractivity contribution is 7.80. The second kappa shape index (κ2) is 5.33. The first-order valence-electron chi connectivity index (χ1n) is 6.80. The molecule has 108 valence electrons. The zero-order valence-electron chi connectivity index (χ0n) is 11.7. The Morgan fingerprint density at radius 1 is 1.38 bits per heavy atom. The summed E-state index contributed by atoms with van der Waals surface area (Å²) in [6.45, 7) is 3.06. The van der Waals surface area contributed by atoms with Crippen LogP contribution in [0.1, 0.15) is 22.7 Å². The Morgan fingerprint density at radius 3 is 2.90 bits per heavy atom. The number of nitrogens with zero attached hydrogens (tertiary/aromatic N) is 1. The molecule has 0 amide bonds. The number of fused-ring (bicyclic) bond motifs is 1. The molecule has 2 heterocycles. The van der Waals surface area contributed by atoms with E-state index in [4.69, 9.17) is 22.7 Å². The summed E-state index contributed by atoms with van der Waals surface area (Å²) < 4.78 is 7.40. The Morgan fingerprint density at radius 2 is 2.14 bits per heavy atom. The van der Waals surface area contributed by atoms with Crippen molar-refractivity contribution in [3.8, 4) is 5.75 Å². The fourth-order valence-electron chi connectivity index (χ4n) is 2.69. The average molecular weight is 300 g/mol. The monoisotopic (exact) mass is 300 g/mol. The highest BCUT2D eigenvalue weighted by atomic mass is 32.1. The molecule has 0 aliphatic carbocycles. The number of benzene rings is 1. The van der Waals surface area contributed by atoms with E-state index in [1.165, 1.54) is 0 Å². The third kappa shape index (κ3) is 2.45. The maximum atomic E-state index is 12.5. The second-order valence-electron chi connectivity index (χ2n) is 5.21. The van der Waals surface area contributed by atoms with E-state index in [1.807, 2.05) is 37.3 Å². The number of aryl methyl sites for hydroxylation is 1. The van der Waals surface area contributed by atoms with Crippen molar-refractivity contribution < 1.29 is 4.74 Å². The summed E-state index contributed by atoms with van der Waals surface area (Å²) in [5.41, 5.74) is 7.91. The number of para-hydroxylation sites is 1. The fourth-order valence-corrected chi connectivity index (χ4v) is 2.84. The molecule has 0 bridgehead atoms. The molecule has 4 nitrogen and oxygen atoms in total. The van der Waals surface area contributed by atoms with Crippen molar-refractivity contribution in [3.05, 3.63) is 63.6 Å². The number of nitrogens with two attached hydrogens (primary N) is 1. The molecule has 1 aromatic heterocycles. The highest BCUT2D eigenvalue weighted by Gasteiger charge is 2.25. The molecular formula is C16H16N2O2S. The van der Waals surface area contributed by atoms with E-state index in [1.54, 1.807) is 10.6 Å². The van der Waals surface area contributed by atoms with Gasteiger partial charge in [-0.3, -0.25) is 4.79 Å². The number of rotatable bonds is 3. The van der Waals surface area contributed by atoms with Crippen LogP contribution in [0.3, 0.4) is 0 Å². The van der Waals surface area contributed by atoms with E-state index >= 15 is 0 Å². The number of pyridine rings is 1. The third-order valence-corrected chi connectivity index (χ3v) is 4.08. The van der Waals surface area contributed by atoms with Gasteiger partial charge in [0.2, 0.25) is 0 Å². The van der Waals surface area contributed by atoms with Gasteiger partial charge in [-0.05, 0) is 25.1 Å². The lowest BCUT2D eigenvalue weighted by Crippen LogP contribution is -2.32. The van der Waals surface area contributed by atoms with Crippen molar-refractivity contribution in [2.24, 2.45) is 5.73 Å². The van der Waals surface area contributed by atoms with Crippen LogP contribution in [0.5, 0.6) is 5.75 Å². The van der Waals surface area contributed by atoms with Gasteiger partial charge in [-0.25, -0.2) is 0 Å². The first kappa shape index (κ1) is 13.8. The van der Waals surface area contributed by atoms with Crippen molar-refractivity contribution in [2.75, 3.05) is 6.61 Å². The minimum absolute atomic E-state index is 0.133. The SMILES string of the molecule is Cc1ccc(C(N)=S)c(=O)n1CC1COc2ccccc21.